The van der Waals surface area contributed by atoms with Crippen LogP contribution in [0.15, 0.2) is 18.2 Å². The van der Waals surface area contributed by atoms with Crippen LogP contribution in [0.3, 0.4) is 0 Å². The average Bonchev–Trinajstić information content (AvgIpc) is 2.79. The van der Waals surface area contributed by atoms with Crippen molar-refractivity contribution < 1.29 is 4.79 Å². The Balaban J connectivity index is 2.00. The third-order valence-corrected chi connectivity index (χ3v) is 4.71. The Labute approximate surface area is 118 Å². The molecule has 104 valence electrons. The standard InChI is InChI=1S/C14H21N3OS/c1-2-19-11-5-3-9(7-11)17-10-4-6-13(15)12(8-10)14(16)18/h4,6,8-9,11,17H,2-3,5,7,15H2,1H3,(H2,16,18). The minimum Gasteiger partial charge on any atom is -0.398 e. The first-order valence-electron chi connectivity index (χ1n) is 6.67. The smallest absolute Gasteiger partial charge is 0.250 e. The summed E-state index contributed by atoms with van der Waals surface area (Å²) in [5, 5.41) is 4.23. The van der Waals surface area contributed by atoms with Gasteiger partial charge in [0.25, 0.3) is 5.91 Å². The van der Waals surface area contributed by atoms with Crippen molar-refractivity contribution in [3.8, 4) is 0 Å². The molecule has 0 spiro atoms. The van der Waals surface area contributed by atoms with Crippen molar-refractivity contribution >= 4 is 29.0 Å². The second-order valence-electron chi connectivity index (χ2n) is 4.90. The number of carbonyl (C=O) groups is 1. The molecule has 1 aromatic carbocycles. The molecule has 2 atom stereocenters. The van der Waals surface area contributed by atoms with Crippen LogP contribution in [0.25, 0.3) is 0 Å². The van der Waals surface area contributed by atoms with Crippen molar-refractivity contribution in [3.05, 3.63) is 23.8 Å². The van der Waals surface area contributed by atoms with Crippen LogP contribution in [0.4, 0.5) is 11.4 Å². The summed E-state index contributed by atoms with van der Waals surface area (Å²) >= 11 is 2.03. The quantitative estimate of drug-likeness (QED) is 0.723. The van der Waals surface area contributed by atoms with Crippen molar-refractivity contribution in [2.75, 3.05) is 16.8 Å². The maximum atomic E-state index is 11.3. The van der Waals surface area contributed by atoms with E-state index in [0.29, 0.717) is 17.3 Å². The Morgan fingerprint density at radius 1 is 1.47 bits per heavy atom. The Morgan fingerprint density at radius 3 is 2.95 bits per heavy atom. The number of amides is 1. The number of primary amides is 1. The number of anilines is 2. The molecule has 1 aliphatic carbocycles. The predicted octanol–water partition coefficient (Wildman–Crippen LogP) is 2.45. The normalized spacial score (nSPS) is 22.4. The molecule has 0 saturated heterocycles. The van der Waals surface area contributed by atoms with Crippen LogP contribution in [0, 0.1) is 0 Å². The first-order chi connectivity index (χ1) is 9.10. The zero-order valence-corrected chi connectivity index (χ0v) is 12.0. The number of thioether (sulfide) groups is 1. The fraction of sp³-hybridized carbons (Fsp3) is 0.500. The van der Waals surface area contributed by atoms with Gasteiger partial charge in [0.2, 0.25) is 0 Å². The van der Waals surface area contributed by atoms with Crippen molar-refractivity contribution in [3.63, 3.8) is 0 Å². The van der Waals surface area contributed by atoms with Crippen LogP contribution in [0.2, 0.25) is 0 Å². The SMILES string of the molecule is CCSC1CCC(Nc2ccc(N)c(C(N)=O)c2)C1. The Bertz CT molecular complexity index is 464. The number of benzene rings is 1. The number of hydrogen-bond donors (Lipinski definition) is 3. The van der Waals surface area contributed by atoms with E-state index in [9.17, 15) is 4.79 Å². The van der Waals surface area contributed by atoms with E-state index in [0.717, 1.165) is 10.9 Å². The van der Waals surface area contributed by atoms with Crippen molar-refractivity contribution in [1.29, 1.82) is 0 Å². The van der Waals surface area contributed by atoms with Gasteiger partial charge in [0, 0.05) is 22.7 Å². The van der Waals surface area contributed by atoms with Crippen molar-refractivity contribution in [2.24, 2.45) is 5.73 Å². The molecule has 0 bridgehead atoms. The van der Waals surface area contributed by atoms with Gasteiger partial charge in [-0.05, 0) is 43.2 Å². The van der Waals surface area contributed by atoms with Gasteiger partial charge in [0.05, 0.1) is 5.56 Å². The van der Waals surface area contributed by atoms with Crippen LogP contribution >= 0.6 is 11.8 Å². The minimum atomic E-state index is -0.480. The van der Waals surface area contributed by atoms with Gasteiger partial charge in [-0.3, -0.25) is 4.79 Å². The van der Waals surface area contributed by atoms with Gasteiger partial charge in [-0.15, -0.1) is 0 Å². The number of nitrogens with one attached hydrogen (secondary N) is 1. The number of nitrogen functional groups attached to an aromatic ring is 1. The van der Waals surface area contributed by atoms with Gasteiger partial charge in [0.15, 0.2) is 0 Å². The van der Waals surface area contributed by atoms with Crippen LogP contribution in [0.1, 0.15) is 36.5 Å². The van der Waals surface area contributed by atoms with E-state index in [-0.39, 0.29) is 0 Å². The minimum absolute atomic E-state index is 0.391. The molecular weight excluding hydrogens is 258 g/mol. The molecule has 0 radical (unpaired) electrons. The van der Waals surface area contributed by atoms with Crippen molar-refractivity contribution in [2.45, 2.75) is 37.5 Å². The Kier molecular flexibility index (Phi) is 4.58. The molecule has 1 amide bonds. The van der Waals surface area contributed by atoms with E-state index in [1.54, 1.807) is 12.1 Å². The monoisotopic (exact) mass is 279 g/mol. The second kappa shape index (κ2) is 6.19. The number of nitrogens with two attached hydrogens (primary N) is 2. The van der Waals surface area contributed by atoms with Gasteiger partial charge in [-0.25, -0.2) is 0 Å². The molecule has 5 heteroatoms. The highest BCUT2D eigenvalue weighted by Crippen LogP contribution is 2.31. The Morgan fingerprint density at radius 2 is 2.26 bits per heavy atom. The fourth-order valence-electron chi connectivity index (χ4n) is 2.55. The lowest BCUT2D eigenvalue weighted by atomic mass is 10.1. The second-order valence-corrected chi connectivity index (χ2v) is 6.48. The molecule has 4 nitrogen and oxygen atoms in total. The first kappa shape index (κ1) is 14.1. The van der Waals surface area contributed by atoms with Crippen LogP contribution in [-0.4, -0.2) is 23.0 Å². The molecule has 0 aromatic heterocycles. The van der Waals surface area contributed by atoms with Gasteiger partial charge < -0.3 is 16.8 Å². The van der Waals surface area contributed by atoms with Crippen molar-refractivity contribution in [1.82, 2.24) is 0 Å². The topological polar surface area (TPSA) is 81.1 Å². The van der Waals surface area contributed by atoms with Gasteiger partial charge in [0.1, 0.15) is 0 Å². The predicted molar refractivity (Wildman–Crippen MR) is 82.6 cm³/mol. The van der Waals surface area contributed by atoms with Gasteiger partial charge >= 0.3 is 0 Å². The van der Waals surface area contributed by atoms with E-state index in [4.69, 9.17) is 11.5 Å². The number of hydrogen-bond acceptors (Lipinski definition) is 4. The lowest BCUT2D eigenvalue weighted by molar-refractivity contribution is 0.100. The first-order valence-corrected chi connectivity index (χ1v) is 7.72. The molecule has 2 unspecified atom stereocenters. The molecule has 0 aliphatic heterocycles. The summed E-state index contributed by atoms with van der Waals surface area (Å²) in [5.41, 5.74) is 12.8. The van der Waals surface area contributed by atoms with Crippen LogP contribution < -0.4 is 16.8 Å². The summed E-state index contributed by atoms with van der Waals surface area (Å²) in [7, 11) is 0. The highest BCUT2D eigenvalue weighted by Gasteiger charge is 2.24. The van der Waals surface area contributed by atoms with E-state index in [1.807, 2.05) is 17.8 Å². The summed E-state index contributed by atoms with van der Waals surface area (Å²) in [5.74, 6) is 0.692. The molecule has 1 saturated carbocycles. The highest BCUT2D eigenvalue weighted by atomic mass is 32.2. The fourth-order valence-corrected chi connectivity index (χ4v) is 3.70. The summed E-state index contributed by atoms with van der Waals surface area (Å²) in [6, 6.07) is 5.86. The number of rotatable bonds is 5. The molecule has 1 fully saturated rings. The van der Waals surface area contributed by atoms with Crippen LogP contribution in [0.5, 0.6) is 0 Å². The molecule has 2 rings (SSSR count). The Hall–Kier alpha value is -1.36. The van der Waals surface area contributed by atoms with Gasteiger partial charge in [-0.2, -0.15) is 11.8 Å². The molecule has 5 N–H and O–H groups in total. The zero-order chi connectivity index (χ0) is 13.8. The summed E-state index contributed by atoms with van der Waals surface area (Å²) < 4.78 is 0. The largest absolute Gasteiger partial charge is 0.398 e. The van der Waals surface area contributed by atoms with E-state index in [1.165, 1.54) is 25.0 Å². The van der Waals surface area contributed by atoms with E-state index in [2.05, 4.69) is 12.2 Å². The molecular formula is C14H21N3OS. The maximum Gasteiger partial charge on any atom is 0.250 e. The molecule has 1 aromatic rings. The maximum absolute atomic E-state index is 11.3. The molecule has 1 aliphatic rings. The third kappa shape index (κ3) is 3.56. The molecule has 19 heavy (non-hydrogen) atoms. The zero-order valence-electron chi connectivity index (χ0n) is 11.2. The van der Waals surface area contributed by atoms with E-state index < -0.39 is 5.91 Å². The third-order valence-electron chi connectivity index (χ3n) is 3.48. The lowest BCUT2D eigenvalue weighted by Gasteiger charge is -2.15. The summed E-state index contributed by atoms with van der Waals surface area (Å²) in [4.78, 5) is 11.3. The highest BCUT2D eigenvalue weighted by molar-refractivity contribution is 7.99. The lowest BCUT2D eigenvalue weighted by Crippen LogP contribution is -2.18. The van der Waals surface area contributed by atoms with Gasteiger partial charge in [-0.1, -0.05) is 6.92 Å². The number of carbonyl (C=O) groups excluding carboxylic acids is 1. The van der Waals surface area contributed by atoms with Crippen LogP contribution in [-0.2, 0) is 0 Å². The van der Waals surface area contributed by atoms with E-state index >= 15 is 0 Å². The summed E-state index contributed by atoms with van der Waals surface area (Å²) in [6.45, 7) is 2.20. The average molecular weight is 279 g/mol. The summed E-state index contributed by atoms with van der Waals surface area (Å²) in [6.07, 6.45) is 3.61. The molecule has 0 heterocycles.